The van der Waals surface area contributed by atoms with Gasteiger partial charge in [-0.05, 0) is 56.8 Å². The fraction of sp³-hybridized carbons (Fsp3) is 0.464. The molecule has 36 heavy (non-hydrogen) atoms. The Morgan fingerprint density at radius 3 is 2.00 bits per heavy atom. The fourth-order valence-electron chi connectivity index (χ4n) is 4.21. The zero-order valence-corrected chi connectivity index (χ0v) is 22.4. The molecule has 2 atom stereocenters. The summed E-state index contributed by atoms with van der Waals surface area (Å²) in [6.07, 6.45) is 3.23. The summed E-state index contributed by atoms with van der Waals surface area (Å²) in [4.78, 5) is 17.7. The van der Waals surface area contributed by atoms with Crippen LogP contribution in [0, 0.1) is 0 Å². The highest BCUT2D eigenvalue weighted by Gasteiger charge is 2.25. The first-order valence-corrected chi connectivity index (χ1v) is 12.1. The molecule has 0 saturated carbocycles. The van der Waals surface area contributed by atoms with Crippen LogP contribution in [0.2, 0.25) is 0 Å². The molecule has 1 saturated heterocycles. The molecule has 0 bridgehead atoms. The molecule has 2 unspecified atom stereocenters. The Bertz CT molecular complexity index is 1040. The van der Waals surface area contributed by atoms with Gasteiger partial charge < -0.3 is 28.6 Å². The zero-order chi connectivity index (χ0) is 26.2. The number of methoxy groups -OCH3 is 4. The summed E-state index contributed by atoms with van der Waals surface area (Å²) in [5.41, 5.74) is 1.26. The summed E-state index contributed by atoms with van der Waals surface area (Å²) in [6, 6.07) is 9.16. The number of carbonyl (C=O) groups excluding carboxylic acids is 1. The van der Waals surface area contributed by atoms with Crippen molar-refractivity contribution >= 4 is 11.9 Å². The number of hydrogen-bond donors (Lipinski definition) is 0. The van der Waals surface area contributed by atoms with Gasteiger partial charge in [-0.2, -0.15) is 0 Å². The van der Waals surface area contributed by atoms with Crippen molar-refractivity contribution in [3.63, 3.8) is 0 Å². The number of benzene rings is 2. The average Bonchev–Trinajstić information content (AvgIpc) is 2.90. The number of ether oxygens (including phenoxy) is 5. The Labute approximate surface area is 214 Å². The van der Waals surface area contributed by atoms with E-state index in [0.29, 0.717) is 34.3 Å². The minimum absolute atomic E-state index is 0.0394. The van der Waals surface area contributed by atoms with Crippen molar-refractivity contribution in [3.8, 4) is 28.7 Å². The van der Waals surface area contributed by atoms with Crippen LogP contribution in [0.15, 0.2) is 36.4 Å². The predicted molar refractivity (Wildman–Crippen MR) is 141 cm³/mol. The van der Waals surface area contributed by atoms with Gasteiger partial charge in [-0.1, -0.05) is 12.1 Å². The van der Waals surface area contributed by atoms with Gasteiger partial charge in [-0.25, -0.2) is 0 Å². The number of hydrogen-bond acceptors (Lipinski definition) is 8. The van der Waals surface area contributed by atoms with Crippen LogP contribution in [-0.4, -0.2) is 89.4 Å². The van der Waals surface area contributed by atoms with E-state index in [0.717, 1.165) is 31.7 Å². The third kappa shape index (κ3) is 6.50. The van der Waals surface area contributed by atoms with E-state index in [2.05, 4.69) is 30.7 Å². The predicted octanol–water partition coefficient (Wildman–Crippen LogP) is 4.02. The van der Waals surface area contributed by atoms with E-state index in [1.54, 1.807) is 25.3 Å². The van der Waals surface area contributed by atoms with Gasteiger partial charge in [0.2, 0.25) is 5.75 Å². The first-order valence-electron chi connectivity index (χ1n) is 12.1. The number of carbonyl (C=O) groups is 1. The molecule has 196 valence electrons. The van der Waals surface area contributed by atoms with Crippen molar-refractivity contribution < 1.29 is 28.5 Å². The molecular weight excluding hydrogens is 460 g/mol. The smallest absolute Gasteiger partial charge is 0.203 e. The molecule has 0 radical (unpaired) electrons. The van der Waals surface area contributed by atoms with Crippen LogP contribution >= 0.6 is 0 Å². The van der Waals surface area contributed by atoms with E-state index in [1.807, 2.05) is 18.2 Å². The van der Waals surface area contributed by atoms with Crippen LogP contribution < -0.4 is 23.7 Å². The third-order valence-corrected chi connectivity index (χ3v) is 6.67. The third-order valence-electron chi connectivity index (χ3n) is 6.67. The second kappa shape index (κ2) is 12.6. The molecule has 0 N–H and O–H groups in total. The summed E-state index contributed by atoms with van der Waals surface area (Å²) < 4.78 is 27.9. The van der Waals surface area contributed by atoms with Crippen molar-refractivity contribution in [1.29, 1.82) is 0 Å². The highest BCUT2D eigenvalue weighted by atomic mass is 16.5. The lowest BCUT2D eigenvalue weighted by molar-refractivity contribution is 0.0520. The number of likely N-dealkylation sites (N-methyl/N-ethyl adjacent to an activating group) is 1. The number of piperazine rings is 1. The Kier molecular flexibility index (Phi) is 9.61. The largest absolute Gasteiger partial charge is 0.493 e. The van der Waals surface area contributed by atoms with E-state index >= 15 is 0 Å². The standard InChI is InChI=1S/C28H38N2O6/c1-19(30-14-12-29(3)13-15-30)20(2)36-25-16-21(9-11-24(25)32-4)8-10-23(31)22-17-26(33-5)28(35-7)27(18-22)34-6/h8-11,16-20H,12-15H2,1-7H3/b10-8+. The van der Waals surface area contributed by atoms with Gasteiger partial charge in [0.05, 0.1) is 28.4 Å². The van der Waals surface area contributed by atoms with Crippen molar-refractivity contribution in [3.05, 3.63) is 47.5 Å². The first kappa shape index (κ1) is 27.4. The summed E-state index contributed by atoms with van der Waals surface area (Å²) in [7, 11) is 8.34. The van der Waals surface area contributed by atoms with Crippen molar-refractivity contribution in [2.75, 3.05) is 61.7 Å². The van der Waals surface area contributed by atoms with E-state index in [-0.39, 0.29) is 17.9 Å². The lowest BCUT2D eigenvalue weighted by Crippen LogP contribution is -2.52. The zero-order valence-electron chi connectivity index (χ0n) is 22.4. The summed E-state index contributed by atoms with van der Waals surface area (Å²) in [5, 5.41) is 0. The van der Waals surface area contributed by atoms with Crippen LogP contribution in [0.4, 0.5) is 0 Å². The normalized spacial score (nSPS) is 16.4. The Morgan fingerprint density at radius 1 is 0.833 bits per heavy atom. The van der Waals surface area contributed by atoms with E-state index in [1.165, 1.54) is 27.4 Å². The van der Waals surface area contributed by atoms with E-state index in [9.17, 15) is 4.79 Å². The molecule has 3 rings (SSSR count). The molecule has 0 spiro atoms. The van der Waals surface area contributed by atoms with Gasteiger partial charge in [0, 0.05) is 37.8 Å². The first-order chi connectivity index (χ1) is 17.3. The van der Waals surface area contributed by atoms with E-state index in [4.69, 9.17) is 23.7 Å². The van der Waals surface area contributed by atoms with Crippen LogP contribution in [0.25, 0.3) is 6.08 Å². The minimum atomic E-state index is -0.190. The summed E-state index contributed by atoms with van der Waals surface area (Å²) in [6.45, 7) is 8.44. The molecule has 1 aliphatic heterocycles. The molecule has 1 heterocycles. The fourth-order valence-corrected chi connectivity index (χ4v) is 4.21. The van der Waals surface area contributed by atoms with E-state index < -0.39 is 0 Å². The maximum absolute atomic E-state index is 12.9. The van der Waals surface area contributed by atoms with Gasteiger partial charge >= 0.3 is 0 Å². The molecule has 8 heteroatoms. The lowest BCUT2D eigenvalue weighted by atomic mass is 10.1. The quantitative estimate of drug-likeness (QED) is 0.340. The molecule has 1 fully saturated rings. The van der Waals surface area contributed by atoms with Crippen LogP contribution in [0.3, 0.4) is 0 Å². The molecule has 0 aliphatic carbocycles. The number of nitrogens with zero attached hydrogens (tertiary/aromatic N) is 2. The maximum Gasteiger partial charge on any atom is 0.203 e. The van der Waals surface area contributed by atoms with Gasteiger partial charge in [0.1, 0.15) is 6.10 Å². The number of ketones is 1. The molecule has 1 aliphatic rings. The van der Waals surface area contributed by atoms with Crippen molar-refractivity contribution in [1.82, 2.24) is 9.80 Å². The highest BCUT2D eigenvalue weighted by molar-refractivity contribution is 6.07. The van der Waals surface area contributed by atoms with Crippen molar-refractivity contribution in [2.24, 2.45) is 0 Å². The minimum Gasteiger partial charge on any atom is -0.493 e. The number of rotatable bonds is 11. The van der Waals surface area contributed by atoms with Crippen LogP contribution in [0.5, 0.6) is 28.7 Å². The summed E-state index contributed by atoms with van der Waals surface area (Å²) >= 11 is 0. The number of allylic oxidation sites excluding steroid dienone is 1. The second-order valence-electron chi connectivity index (χ2n) is 8.92. The SMILES string of the molecule is COc1ccc(/C=C/C(=O)c2cc(OC)c(OC)c(OC)c2)cc1OC(C)C(C)N1CCN(C)CC1. The Hall–Kier alpha value is -3.23. The summed E-state index contributed by atoms with van der Waals surface area (Å²) in [5.74, 6) is 2.41. The maximum atomic E-state index is 12.9. The Balaban J connectivity index is 1.76. The molecule has 2 aromatic rings. The van der Waals surface area contributed by atoms with Crippen LogP contribution in [0.1, 0.15) is 29.8 Å². The highest BCUT2D eigenvalue weighted by Crippen LogP contribution is 2.38. The lowest BCUT2D eigenvalue weighted by Gasteiger charge is -2.38. The van der Waals surface area contributed by atoms with Crippen LogP contribution in [-0.2, 0) is 0 Å². The second-order valence-corrected chi connectivity index (χ2v) is 8.92. The van der Waals surface area contributed by atoms with Gasteiger partial charge in [0.15, 0.2) is 28.8 Å². The topological polar surface area (TPSA) is 69.7 Å². The molecule has 0 amide bonds. The average molecular weight is 499 g/mol. The molecule has 2 aromatic carbocycles. The molecular formula is C28H38N2O6. The molecule has 8 nitrogen and oxygen atoms in total. The molecule has 0 aromatic heterocycles. The Morgan fingerprint density at radius 2 is 1.44 bits per heavy atom. The van der Waals surface area contributed by atoms with Crippen molar-refractivity contribution in [2.45, 2.75) is 26.0 Å². The van der Waals surface area contributed by atoms with Gasteiger partial charge in [-0.3, -0.25) is 9.69 Å². The van der Waals surface area contributed by atoms with Gasteiger partial charge in [0.25, 0.3) is 0 Å². The van der Waals surface area contributed by atoms with Gasteiger partial charge in [-0.15, -0.1) is 0 Å². The monoisotopic (exact) mass is 498 g/mol.